The van der Waals surface area contributed by atoms with Crippen molar-refractivity contribution in [2.24, 2.45) is 0 Å². The van der Waals surface area contributed by atoms with Crippen LogP contribution < -0.4 is 15.0 Å². The number of carboxylic acid groups (broad SMARTS) is 1. The van der Waals surface area contributed by atoms with Crippen LogP contribution in [0.2, 0.25) is 0 Å². The van der Waals surface area contributed by atoms with Gasteiger partial charge in [0.1, 0.15) is 11.6 Å². The summed E-state index contributed by atoms with van der Waals surface area (Å²) in [4.78, 5) is 33.9. The molecule has 1 aromatic heterocycles. The van der Waals surface area contributed by atoms with E-state index in [0.29, 0.717) is 72.0 Å². The smallest absolute Gasteiger partial charge is 0.451 e. The number of benzene rings is 2. The van der Waals surface area contributed by atoms with Crippen molar-refractivity contribution in [1.29, 1.82) is 0 Å². The molecule has 4 aliphatic heterocycles. The lowest BCUT2D eigenvalue weighted by Crippen LogP contribution is -2.55. The normalized spacial score (nSPS) is 23.7. The number of anilines is 1. The van der Waals surface area contributed by atoms with Crippen molar-refractivity contribution in [3.05, 3.63) is 69.4 Å². The predicted molar refractivity (Wildman–Crippen MR) is 162 cm³/mol. The van der Waals surface area contributed by atoms with E-state index in [1.165, 1.54) is 18.2 Å². The Kier molecular flexibility index (Phi) is 7.67. The topological polar surface area (TPSA) is 101 Å². The van der Waals surface area contributed by atoms with Gasteiger partial charge in [-0.05, 0) is 31.2 Å². The number of nitrogens with zero attached hydrogens (tertiary/aromatic N) is 2. The van der Waals surface area contributed by atoms with Gasteiger partial charge in [-0.25, -0.2) is 9.78 Å². The third kappa shape index (κ3) is 5.49. The minimum absolute atomic E-state index is 0.123. The van der Waals surface area contributed by atoms with Crippen LogP contribution >= 0.6 is 23.2 Å². The van der Waals surface area contributed by atoms with Gasteiger partial charge < -0.3 is 24.8 Å². The molecule has 226 valence electrons. The summed E-state index contributed by atoms with van der Waals surface area (Å²) in [5.74, 6) is 1.47. The van der Waals surface area contributed by atoms with E-state index < -0.39 is 36.5 Å². The Hall–Kier alpha value is -3.21. The number of carbonyl (C=O) groups excluding carboxylic acids is 1. The van der Waals surface area contributed by atoms with Gasteiger partial charge in [0.15, 0.2) is 7.26 Å². The van der Waals surface area contributed by atoms with Crippen molar-refractivity contribution >= 4 is 57.1 Å². The fourth-order valence-corrected chi connectivity index (χ4v) is 10.2. The zero-order chi connectivity index (χ0) is 30.6. The Labute approximate surface area is 254 Å². The molecule has 2 bridgehead atoms. The number of alkyl halides is 3. The summed E-state index contributed by atoms with van der Waals surface area (Å²) in [5, 5.41) is 14.0. The second-order valence-electron chi connectivity index (χ2n) is 11.1. The lowest BCUT2D eigenvalue weighted by molar-refractivity contribution is -0.274. The van der Waals surface area contributed by atoms with Gasteiger partial charge in [-0.2, -0.15) is 0 Å². The minimum atomic E-state index is -4.95. The maximum Gasteiger partial charge on any atom is 0.573 e. The van der Waals surface area contributed by atoms with Gasteiger partial charge in [-0.1, -0.05) is 34.1 Å². The van der Waals surface area contributed by atoms with E-state index in [0.717, 1.165) is 4.47 Å². The van der Waals surface area contributed by atoms with Crippen LogP contribution in [0.5, 0.6) is 5.75 Å². The molecule has 1 amide bonds. The number of pyridine rings is 1. The van der Waals surface area contributed by atoms with Crippen LogP contribution in [0, 0.1) is 6.92 Å². The highest BCUT2D eigenvalue weighted by Gasteiger charge is 2.60. The van der Waals surface area contributed by atoms with E-state index in [1.807, 2.05) is 25.1 Å². The zero-order valence-electron chi connectivity index (χ0n) is 23.2. The van der Waals surface area contributed by atoms with Crippen LogP contribution in [-0.2, 0) is 4.74 Å². The van der Waals surface area contributed by atoms with E-state index in [-0.39, 0.29) is 18.4 Å². The number of hydrogen-bond acceptors (Lipinski definition) is 6. The van der Waals surface area contributed by atoms with E-state index >= 15 is 0 Å². The number of halogens is 4. The van der Waals surface area contributed by atoms with Gasteiger partial charge in [0.05, 0.1) is 48.0 Å². The molecule has 43 heavy (non-hydrogen) atoms. The second-order valence-corrected chi connectivity index (χ2v) is 15.6. The van der Waals surface area contributed by atoms with Crippen molar-refractivity contribution in [2.45, 2.75) is 31.7 Å². The van der Waals surface area contributed by atoms with Gasteiger partial charge in [0.25, 0.3) is 5.91 Å². The summed E-state index contributed by atoms with van der Waals surface area (Å²) in [6.07, 6.45) is -3.69. The fraction of sp³-hybridized carbons (Fsp3) is 0.367. The highest BCUT2D eigenvalue weighted by Crippen LogP contribution is 2.72. The first-order valence-corrected chi connectivity index (χ1v) is 16.9. The predicted octanol–water partition coefficient (Wildman–Crippen LogP) is 7.05. The SMILES string of the molecule is Cc1c(N2CCOCC2)nc2ccc(Br)cc2c1C(=O)NC12CC[P+](C(=O)O)(C=C1c1ccccc1OC(F)(F)F)CC2. The quantitative estimate of drug-likeness (QED) is 0.270. The molecule has 3 aromatic rings. The third-order valence-corrected chi connectivity index (χ3v) is 12.7. The summed E-state index contributed by atoms with van der Waals surface area (Å²) >= 11 is 3.50. The highest BCUT2D eigenvalue weighted by atomic mass is 79.9. The Balaban J connectivity index is 1.48. The van der Waals surface area contributed by atoms with E-state index in [4.69, 9.17) is 9.72 Å². The number of amides is 1. The summed E-state index contributed by atoms with van der Waals surface area (Å²) in [6, 6.07) is 11.2. The third-order valence-electron chi connectivity index (χ3n) is 8.61. The first-order valence-electron chi connectivity index (χ1n) is 13.9. The van der Waals surface area contributed by atoms with Crippen molar-refractivity contribution in [1.82, 2.24) is 10.3 Å². The number of rotatable bonds is 6. The van der Waals surface area contributed by atoms with Crippen LogP contribution in [0.3, 0.4) is 0 Å². The van der Waals surface area contributed by atoms with Gasteiger partial charge in [0.2, 0.25) is 0 Å². The summed E-state index contributed by atoms with van der Waals surface area (Å²) in [7, 11) is -2.68. The van der Waals surface area contributed by atoms with Crippen LogP contribution in [0.4, 0.5) is 23.8 Å². The molecule has 0 radical (unpaired) electrons. The van der Waals surface area contributed by atoms with E-state index in [2.05, 4.69) is 30.9 Å². The molecule has 0 atom stereocenters. The number of nitrogens with one attached hydrogen (secondary N) is 1. The molecule has 0 aliphatic carbocycles. The van der Waals surface area contributed by atoms with Crippen molar-refractivity contribution in [3.8, 4) is 5.75 Å². The molecule has 13 heteroatoms. The molecule has 0 unspecified atom stereocenters. The number of ether oxygens (including phenoxy) is 2. The number of carbonyl (C=O) groups is 2. The van der Waals surface area contributed by atoms with Crippen LogP contribution in [0.15, 0.2) is 52.8 Å². The molecule has 0 spiro atoms. The Bertz CT molecular complexity index is 1650. The van der Waals surface area contributed by atoms with Crippen molar-refractivity contribution in [3.63, 3.8) is 0 Å². The largest absolute Gasteiger partial charge is 0.573 e. The Morgan fingerprint density at radius 3 is 2.51 bits per heavy atom. The monoisotopic (exact) mass is 678 g/mol. The average molecular weight is 679 g/mol. The number of fused-ring (bicyclic) bond motifs is 3. The number of para-hydroxylation sites is 1. The number of morpholine rings is 1. The molecular weight excluding hydrogens is 650 g/mol. The molecule has 4 aliphatic rings. The number of aromatic nitrogens is 1. The summed E-state index contributed by atoms with van der Waals surface area (Å²) in [6.45, 7) is 4.14. The molecule has 0 saturated carbocycles. The van der Waals surface area contributed by atoms with E-state index in [9.17, 15) is 27.9 Å². The molecule has 8 nitrogen and oxygen atoms in total. The summed E-state index contributed by atoms with van der Waals surface area (Å²) in [5.41, 5.74) is 0.170. The molecule has 7 rings (SSSR count). The molecule has 5 heterocycles. The molecule has 2 saturated heterocycles. The average Bonchev–Trinajstić information content (AvgIpc) is 2.97. The van der Waals surface area contributed by atoms with Gasteiger partial charge in [-0.15, -0.1) is 13.2 Å². The zero-order valence-corrected chi connectivity index (χ0v) is 25.7. The van der Waals surface area contributed by atoms with Gasteiger partial charge in [0, 0.05) is 52.5 Å². The van der Waals surface area contributed by atoms with Crippen LogP contribution in [0.25, 0.3) is 16.5 Å². The van der Waals surface area contributed by atoms with Gasteiger partial charge in [-0.3, -0.25) is 4.79 Å². The molecular formula is C30H29BrF3N3O5P+. The van der Waals surface area contributed by atoms with Gasteiger partial charge >= 0.3 is 12.1 Å². The Morgan fingerprint density at radius 1 is 1.14 bits per heavy atom. The molecule has 2 N–H and O–H groups in total. The number of hydrogen-bond donors (Lipinski definition) is 2. The standard InChI is InChI=1S/C30H28BrF3N3O5P/c1-18-25(21-16-19(31)6-7-23(21)35-26(18)37-10-12-41-13-11-37)27(38)36-29-8-14-43(15-9-29,28(39)40)17-22(29)20-4-2-3-5-24(20)42-30(32,33)34/h2-7,16-17H,8-15H2,1H3,(H-,36,38,39,40)/p+1. The lowest BCUT2D eigenvalue weighted by Gasteiger charge is -2.46. The van der Waals surface area contributed by atoms with E-state index in [1.54, 1.807) is 11.9 Å². The summed E-state index contributed by atoms with van der Waals surface area (Å²) < 4.78 is 50.9. The first-order chi connectivity index (χ1) is 20.4. The maximum atomic E-state index is 14.4. The lowest BCUT2D eigenvalue weighted by atomic mass is 9.79. The van der Waals surface area contributed by atoms with Crippen molar-refractivity contribution < 1.29 is 37.3 Å². The minimum Gasteiger partial charge on any atom is -0.451 e. The molecule has 2 fully saturated rings. The Morgan fingerprint density at radius 2 is 1.84 bits per heavy atom. The van der Waals surface area contributed by atoms with Crippen LogP contribution in [0.1, 0.15) is 34.3 Å². The maximum absolute atomic E-state index is 14.4. The van der Waals surface area contributed by atoms with Crippen molar-refractivity contribution in [2.75, 3.05) is 43.5 Å². The first kappa shape index (κ1) is 29.8. The highest BCUT2D eigenvalue weighted by molar-refractivity contribution is 9.10. The fourth-order valence-electron chi connectivity index (χ4n) is 6.43. The molecule has 2 aromatic carbocycles. The second kappa shape index (κ2) is 11.1. The van der Waals surface area contributed by atoms with Crippen LogP contribution in [-0.4, -0.2) is 72.2 Å².